The van der Waals surface area contributed by atoms with Gasteiger partial charge in [0.25, 0.3) is 0 Å². The third-order valence-electron chi connectivity index (χ3n) is 2.30. The minimum absolute atomic E-state index is 0.0522. The maximum absolute atomic E-state index is 11.1. The van der Waals surface area contributed by atoms with E-state index in [4.69, 9.17) is 25.6 Å². The van der Waals surface area contributed by atoms with Gasteiger partial charge in [0, 0.05) is 6.07 Å². The van der Waals surface area contributed by atoms with E-state index in [0.29, 0.717) is 5.75 Å². The van der Waals surface area contributed by atoms with Gasteiger partial charge < -0.3 is 15.2 Å². The Morgan fingerprint density at radius 1 is 1.25 bits per heavy atom. The average molecular weight is 268 g/mol. The summed E-state index contributed by atoms with van der Waals surface area (Å²) in [6, 6.07) is 8.84. The first-order chi connectivity index (χ1) is 9.57. The highest BCUT2D eigenvalue weighted by atomic mass is 16.5. The summed E-state index contributed by atoms with van der Waals surface area (Å²) >= 11 is 0. The van der Waals surface area contributed by atoms with Crippen LogP contribution < -0.4 is 10.1 Å². The van der Waals surface area contributed by atoms with E-state index in [-0.39, 0.29) is 16.9 Å². The number of ether oxygens (including phenoxy) is 1. The molecular formula is C13H8N4O3. The van der Waals surface area contributed by atoms with E-state index >= 15 is 0 Å². The summed E-state index contributed by atoms with van der Waals surface area (Å²) < 4.78 is 4.96. The van der Waals surface area contributed by atoms with Gasteiger partial charge in [0.2, 0.25) is 0 Å². The number of hydrogen-bond donors (Lipinski definition) is 2. The number of anilines is 1. The molecule has 0 amide bonds. The average Bonchev–Trinajstić information content (AvgIpc) is 2.46. The molecule has 98 valence electrons. The van der Waals surface area contributed by atoms with Crippen LogP contribution in [0.2, 0.25) is 0 Å². The molecule has 2 N–H and O–H groups in total. The van der Waals surface area contributed by atoms with Gasteiger partial charge in [0.05, 0.1) is 18.4 Å². The van der Waals surface area contributed by atoms with E-state index in [2.05, 4.69) is 5.32 Å². The molecular weight excluding hydrogens is 260 g/mol. The largest absolute Gasteiger partial charge is 0.497 e. The first-order valence-corrected chi connectivity index (χ1v) is 5.20. The second-order valence-corrected chi connectivity index (χ2v) is 3.43. The Labute approximate surface area is 114 Å². The lowest BCUT2D eigenvalue weighted by Gasteiger charge is -2.10. The number of allylic oxidation sites excluding steroid dienone is 2. The number of hydrogen-bond acceptors (Lipinski definition) is 6. The van der Waals surface area contributed by atoms with Crippen LogP contribution in [-0.4, -0.2) is 18.2 Å². The summed E-state index contributed by atoms with van der Waals surface area (Å²) in [4.78, 5) is 11.1. The number of carbonyl (C=O) groups is 1. The van der Waals surface area contributed by atoms with E-state index in [1.807, 2.05) is 0 Å². The highest BCUT2D eigenvalue weighted by Crippen LogP contribution is 2.24. The van der Waals surface area contributed by atoms with Gasteiger partial charge in [-0.3, -0.25) is 0 Å². The number of nitrogens with zero attached hydrogens (tertiary/aromatic N) is 3. The third-order valence-corrected chi connectivity index (χ3v) is 2.30. The molecule has 0 spiro atoms. The van der Waals surface area contributed by atoms with Gasteiger partial charge in [-0.2, -0.15) is 15.8 Å². The van der Waals surface area contributed by atoms with Crippen LogP contribution in [0.3, 0.4) is 0 Å². The number of benzene rings is 1. The lowest BCUT2D eigenvalue weighted by atomic mass is 10.1. The summed E-state index contributed by atoms with van der Waals surface area (Å²) in [6.45, 7) is 0. The van der Waals surface area contributed by atoms with Crippen molar-refractivity contribution in [3.05, 3.63) is 35.0 Å². The molecule has 0 aliphatic rings. The molecule has 1 rings (SSSR count). The van der Waals surface area contributed by atoms with Crippen LogP contribution in [0.25, 0.3) is 0 Å². The van der Waals surface area contributed by atoms with Crippen molar-refractivity contribution in [1.82, 2.24) is 0 Å². The van der Waals surface area contributed by atoms with E-state index in [0.717, 1.165) is 0 Å². The molecule has 7 heteroatoms. The Kier molecular flexibility index (Phi) is 4.69. The van der Waals surface area contributed by atoms with Crippen LogP contribution in [0, 0.1) is 34.0 Å². The van der Waals surface area contributed by atoms with Gasteiger partial charge in [-0.1, -0.05) is 0 Å². The molecule has 0 saturated heterocycles. The van der Waals surface area contributed by atoms with Crippen LogP contribution in [0.15, 0.2) is 29.5 Å². The van der Waals surface area contributed by atoms with Crippen LogP contribution in [-0.2, 0) is 0 Å². The highest BCUT2D eigenvalue weighted by molar-refractivity contribution is 5.95. The predicted molar refractivity (Wildman–Crippen MR) is 67.4 cm³/mol. The number of carboxylic acids is 1. The summed E-state index contributed by atoms with van der Waals surface area (Å²) in [5.41, 5.74) is -0.831. The minimum Gasteiger partial charge on any atom is -0.497 e. The van der Waals surface area contributed by atoms with E-state index < -0.39 is 11.5 Å². The number of methoxy groups -OCH3 is 1. The van der Waals surface area contributed by atoms with Crippen LogP contribution in [0.5, 0.6) is 5.75 Å². The molecule has 0 heterocycles. The zero-order valence-electron chi connectivity index (χ0n) is 10.3. The molecule has 0 saturated carbocycles. The van der Waals surface area contributed by atoms with Gasteiger partial charge in [-0.25, -0.2) is 4.79 Å². The normalized spacial score (nSPS) is 8.50. The summed E-state index contributed by atoms with van der Waals surface area (Å²) in [7, 11) is 1.40. The second-order valence-electron chi connectivity index (χ2n) is 3.43. The molecule has 0 bridgehead atoms. The quantitative estimate of drug-likeness (QED) is 0.793. The number of aromatic carboxylic acids is 1. The Morgan fingerprint density at radius 3 is 2.35 bits per heavy atom. The minimum atomic E-state index is -1.22. The Morgan fingerprint density at radius 2 is 1.90 bits per heavy atom. The Hall–Kier alpha value is -3.50. The molecule has 0 aromatic heterocycles. The number of nitrogens with one attached hydrogen (secondary N) is 1. The SMILES string of the molecule is COc1ccc(C(=O)O)c(NC(C#N)=C(C#N)C#N)c1. The van der Waals surface area contributed by atoms with Crippen molar-refractivity contribution in [1.29, 1.82) is 15.8 Å². The van der Waals surface area contributed by atoms with Gasteiger partial charge >= 0.3 is 5.97 Å². The van der Waals surface area contributed by atoms with E-state index in [9.17, 15) is 4.79 Å². The van der Waals surface area contributed by atoms with Gasteiger partial charge in [-0.15, -0.1) is 0 Å². The van der Waals surface area contributed by atoms with Crippen molar-refractivity contribution in [3.63, 3.8) is 0 Å². The molecule has 0 atom stereocenters. The third kappa shape index (κ3) is 3.04. The van der Waals surface area contributed by atoms with Crippen molar-refractivity contribution >= 4 is 11.7 Å². The zero-order valence-corrected chi connectivity index (χ0v) is 10.3. The van der Waals surface area contributed by atoms with Crippen molar-refractivity contribution in [2.45, 2.75) is 0 Å². The topological polar surface area (TPSA) is 130 Å². The van der Waals surface area contributed by atoms with Crippen molar-refractivity contribution in [3.8, 4) is 24.0 Å². The molecule has 1 aromatic rings. The van der Waals surface area contributed by atoms with Crippen LogP contribution in [0.4, 0.5) is 5.69 Å². The molecule has 7 nitrogen and oxygen atoms in total. The van der Waals surface area contributed by atoms with Crippen molar-refractivity contribution in [2.75, 3.05) is 12.4 Å². The van der Waals surface area contributed by atoms with Gasteiger partial charge in [0.1, 0.15) is 29.7 Å². The van der Waals surface area contributed by atoms with Gasteiger partial charge in [0.15, 0.2) is 5.57 Å². The number of nitriles is 3. The second kappa shape index (κ2) is 6.44. The van der Waals surface area contributed by atoms with Crippen molar-refractivity contribution in [2.24, 2.45) is 0 Å². The lowest BCUT2D eigenvalue weighted by molar-refractivity contribution is 0.0698. The first-order valence-electron chi connectivity index (χ1n) is 5.20. The fourth-order valence-corrected chi connectivity index (χ4v) is 1.36. The summed E-state index contributed by atoms with van der Waals surface area (Å²) in [5, 5.41) is 37.9. The van der Waals surface area contributed by atoms with Crippen LogP contribution in [0.1, 0.15) is 10.4 Å². The maximum atomic E-state index is 11.1. The highest BCUT2D eigenvalue weighted by Gasteiger charge is 2.14. The maximum Gasteiger partial charge on any atom is 0.337 e. The molecule has 1 aromatic carbocycles. The Balaban J connectivity index is 3.37. The molecule has 20 heavy (non-hydrogen) atoms. The molecule has 0 radical (unpaired) electrons. The smallest absolute Gasteiger partial charge is 0.337 e. The molecule has 0 unspecified atom stereocenters. The standard InChI is InChI=1S/C13H8N4O3/c1-20-9-2-3-10(13(18)19)11(4-9)17-12(7-16)8(5-14)6-15/h2-4,17H,1H3,(H,18,19). The number of carboxylic acid groups (broad SMARTS) is 1. The summed E-state index contributed by atoms with van der Waals surface area (Å²) in [5.74, 6) is -0.854. The molecule has 0 fully saturated rings. The van der Waals surface area contributed by atoms with Crippen molar-refractivity contribution < 1.29 is 14.6 Å². The van der Waals surface area contributed by atoms with E-state index in [1.165, 1.54) is 25.3 Å². The zero-order chi connectivity index (χ0) is 15.1. The van der Waals surface area contributed by atoms with Gasteiger partial charge in [-0.05, 0) is 12.1 Å². The summed E-state index contributed by atoms with van der Waals surface area (Å²) in [6.07, 6.45) is 0. The fraction of sp³-hybridized carbons (Fsp3) is 0.0769. The first kappa shape index (κ1) is 14.6. The van der Waals surface area contributed by atoms with E-state index in [1.54, 1.807) is 18.2 Å². The Bertz CT molecular complexity index is 686. The fourth-order valence-electron chi connectivity index (χ4n) is 1.36. The molecule has 0 aliphatic carbocycles. The number of rotatable bonds is 4. The monoisotopic (exact) mass is 268 g/mol. The van der Waals surface area contributed by atoms with Crippen LogP contribution >= 0.6 is 0 Å². The lowest BCUT2D eigenvalue weighted by Crippen LogP contribution is -2.07. The predicted octanol–water partition coefficient (Wildman–Crippen LogP) is 1.63. The molecule has 0 aliphatic heterocycles.